The van der Waals surface area contributed by atoms with E-state index < -0.39 is 6.04 Å². The minimum atomic E-state index is -0.397. The molecule has 0 bridgehead atoms. The largest absolute Gasteiger partial charge is 0.377 e. The molecule has 0 aliphatic carbocycles. The lowest BCUT2D eigenvalue weighted by Gasteiger charge is -2.16. The Bertz CT molecular complexity index is 262. The van der Waals surface area contributed by atoms with Gasteiger partial charge in [-0.25, -0.2) is 0 Å². The fourth-order valence-corrected chi connectivity index (χ4v) is 1.07. The smallest absolute Gasteiger partial charge is 0.0987 e. The van der Waals surface area contributed by atoms with Crippen molar-refractivity contribution in [3.05, 3.63) is 25.3 Å². The Morgan fingerprint density at radius 1 is 0.947 bits per heavy atom. The van der Waals surface area contributed by atoms with Gasteiger partial charge in [-0.3, -0.25) is 0 Å². The highest BCUT2D eigenvalue weighted by Crippen LogP contribution is 1.96. The minimum absolute atomic E-state index is 0.146. The highest BCUT2D eigenvalue weighted by atomic mass is 16.5. The quantitative estimate of drug-likeness (QED) is 0.250. The molecule has 0 radical (unpaired) electrons. The molecular weight excluding hydrogens is 246 g/mol. The summed E-state index contributed by atoms with van der Waals surface area (Å²) in [7, 11) is 0. The third-order valence-corrected chi connectivity index (χ3v) is 2.25. The first-order chi connectivity index (χ1) is 9.13. The minimum Gasteiger partial charge on any atom is -0.377 e. The third-order valence-electron chi connectivity index (χ3n) is 2.25. The van der Waals surface area contributed by atoms with Gasteiger partial charge in [0.2, 0.25) is 0 Å². The van der Waals surface area contributed by atoms with Gasteiger partial charge in [0.05, 0.1) is 45.2 Å². The van der Waals surface area contributed by atoms with Gasteiger partial charge in [0.15, 0.2) is 0 Å². The SMILES string of the molecule is C=CC(N)COCCOCC(C=C)OCC(N)C=N. The average Bonchev–Trinajstić information content (AvgIpc) is 2.44. The van der Waals surface area contributed by atoms with Crippen LogP contribution in [0.3, 0.4) is 0 Å². The summed E-state index contributed by atoms with van der Waals surface area (Å²) >= 11 is 0. The van der Waals surface area contributed by atoms with Crippen LogP contribution in [0.4, 0.5) is 0 Å². The molecule has 6 heteroatoms. The Morgan fingerprint density at radius 3 is 2.11 bits per heavy atom. The van der Waals surface area contributed by atoms with Crippen LogP contribution in [0.25, 0.3) is 0 Å². The number of ether oxygens (including phenoxy) is 3. The molecule has 0 aliphatic rings. The van der Waals surface area contributed by atoms with Crippen molar-refractivity contribution >= 4 is 6.21 Å². The van der Waals surface area contributed by atoms with Gasteiger partial charge in [-0.1, -0.05) is 12.2 Å². The van der Waals surface area contributed by atoms with E-state index in [2.05, 4.69) is 13.2 Å². The first kappa shape index (κ1) is 17.9. The predicted molar refractivity (Wildman–Crippen MR) is 76.5 cm³/mol. The number of hydrogen-bond acceptors (Lipinski definition) is 6. The molecule has 0 heterocycles. The molecule has 0 aliphatic heterocycles. The first-order valence-corrected chi connectivity index (χ1v) is 6.18. The first-order valence-electron chi connectivity index (χ1n) is 6.18. The van der Waals surface area contributed by atoms with Gasteiger partial charge >= 0.3 is 0 Å². The lowest BCUT2D eigenvalue weighted by atomic mass is 10.3. The van der Waals surface area contributed by atoms with Crippen LogP contribution in [0.2, 0.25) is 0 Å². The normalized spacial score (nSPS) is 15.5. The number of hydrogen-bond donors (Lipinski definition) is 3. The van der Waals surface area contributed by atoms with Crippen molar-refractivity contribution in [1.82, 2.24) is 0 Å². The zero-order valence-corrected chi connectivity index (χ0v) is 11.3. The second kappa shape index (κ2) is 12.0. The fourth-order valence-electron chi connectivity index (χ4n) is 1.07. The number of rotatable bonds is 13. The molecule has 110 valence electrons. The van der Waals surface area contributed by atoms with E-state index in [1.54, 1.807) is 12.2 Å². The topological polar surface area (TPSA) is 104 Å². The van der Waals surface area contributed by atoms with Gasteiger partial charge in [-0.15, -0.1) is 13.2 Å². The summed E-state index contributed by atoms with van der Waals surface area (Å²) in [6.45, 7) is 9.22. The summed E-state index contributed by atoms with van der Waals surface area (Å²) in [4.78, 5) is 0. The zero-order chi connectivity index (χ0) is 14.5. The molecule has 0 rings (SSSR count). The van der Waals surface area contributed by atoms with Crippen molar-refractivity contribution in [3.63, 3.8) is 0 Å². The Morgan fingerprint density at radius 2 is 1.58 bits per heavy atom. The van der Waals surface area contributed by atoms with Crippen LogP contribution in [0.15, 0.2) is 25.3 Å². The van der Waals surface area contributed by atoms with Gasteiger partial charge in [0.25, 0.3) is 0 Å². The Kier molecular flexibility index (Phi) is 11.3. The van der Waals surface area contributed by atoms with Crippen molar-refractivity contribution in [2.24, 2.45) is 11.5 Å². The molecule has 0 spiro atoms. The Labute approximate surface area is 114 Å². The van der Waals surface area contributed by atoms with Crippen LogP contribution >= 0.6 is 0 Å². The molecule has 0 aromatic carbocycles. The van der Waals surface area contributed by atoms with Gasteiger partial charge in [-0.05, 0) is 0 Å². The Hall–Kier alpha value is -1.05. The molecule has 0 aromatic heterocycles. The van der Waals surface area contributed by atoms with Crippen molar-refractivity contribution < 1.29 is 14.2 Å². The van der Waals surface area contributed by atoms with E-state index >= 15 is 0 Å². The highest BCUT2D eigenvalue weighted by Gasteiger charge is 2.07. The number of nitrogens with one attached hydrogen (secondary N) is 1. The van der Waals surface area contributed by atoms with E-state index in [4.69, 9.17) is 31.1 Å². The molecule has 6 nitrogen and oxygen atoms in total. The van der Waals surface area contributed by atoms with Crippen LogP contribution < -0.4 is 11.5 Å². The summed E-state index contributed by atoms with van der Waals surface area (Å²) in [5.74, 6) is 0. The number of nitrogens with two attached hydrogens (primary N) is 2. The maximum atomic E-state index is 6.95. The second-order valence-electron chi connectivity index (χ2n) is 3.99. The van der Waals surface area contributed by atoms with Crippen molar-refractivity contribution in [3.8, 4) is 0 Å². The van der Waals surface area contributed by atoms with Gasteiger partial charge in [0, 0.05) is 12.3 Å². The van der Waals surface area contributed by atoms with Crippen LogP contribution in [0, 0.1) is 5.41 Å². The summed E-state index contributed by atoms with van der Waals surface area (Å²) < 4.78 is 16.1. The molecule has 0 fully saturated rings. The van der Waals surface area contributed by atoms with Crippen molar-refractivity contribution in [2.75, 3.05) is 33.0 Å². The third kappa shape index (κ3) is 10.5. The van der Waals surface area contributed by atoms with Crippen molar-refractivity contribution in [1.29, 1.82) is 5.41 Å². The van der Waals surface area contributed by atoms with Gasteiger partial charge in [0.1, 0.15) is 0 Å². The summed E-state index contributed by atoms with van der Waals surface area (Å²) in [5.41, 5.74) is 11.1. The molecule has 0 aromatic rings. The maximum Gasteiger partial charge on any atom is 0.0987 e. The lowest BCUT2D eigenvalue weighted by Crippen LogP contribution is -2.31. The monoisotopic (exact) mass is 271 g/mol. The lowest BCUT2D eigenvalue weighted by molar-refractivity contribution is -0.0124. The van der Waals surface area contributed by atoms with E-state index in [-0.39, 0.29) is 18.8 Å². The van der Waals surface area contributed by atoms with Crippen LogP contribution in [-0.2, 0) is 14.2 Å². The van der Waals surface area contributed by atoms with E-state index in [9.17, 15) is 0 Å². The van der Waals surface area contributed by atoms with E-state index in [1.807, 2.05) is 0 Å². The van der Waals surface area contributed by atoms with E-state index in [0.717, 1.165) is 6.21 Å². The van der Waals surface area contributed by atoms with E-state index in [0.29, 0.717) is 26.4 Å². The highest BCUT2D eigenvalue weighted by molar-refractivity contribution is 5.60. The van der Waals surface area contributed by atoms with Gasteiger partial charge < -0.3 is 31.1 Å². The molecule has 0 saturated heterocycles. The maximum absolute atomic E-state index is 6.95. The zero-order valence-electron chi connectivity index (χ0n) is 11.3. The standard InChI is InChI=1S/C13H25N3O3/c1-3-11(15)8-17-5-6-18-10-13(4-2)19-9-12(16)7-14/h3-4,7,11-14H,1-2,5-6,8-10,15-16H2. The Balaban J connectivity index is 3.53. The van der Waals surface area contributed by atoms with Gasteiger partial charge in [-0.2, -0.15) is 0 Å². The average molecular weight is 271 g/mol. The summed E-state index contributed by atoms with van der Waals surface area (Å²) in [6, 6.07) is -0.543. The summed E-state index contributed by atoms with van der Waals surface area (Å²) in [5, 5.41) is 6.95. The molecule has 5 N–H and O–H groups in total. The summed E-state index contributed by atoms with van der Waals surface area (Å²) in [6.07, 6.45) is 4.18. The van der Waals surface area contributed by atoms with Crippen LogP contribution in [0.5, 0.6) is 0 Å². The fraction of sp³-hybridized carbons (Fsp3) is 0.615. The second-order valence-corrected chi connectivity index (χ2v) is 3.99. The molecule has 0 saturated carbocycles. The van der Waals surface area contributed by atoms with Crippen LogP contribution in [-0.4, -0.2) is 57.4 Å². The molecule has 19 heavy (non-hydrogen) atoms. The molecular formula is C13H25N3O3. The predicted octanol–water partition coefficient (Wildman–Crippen LogP) is 0.0810. The van der Waals surface area contributed by atoms with E-state index in [1.165, 1.54) is 0 Å². The molecule has 3 unspecified atom stereocenters. The molecule has 0 amide bonds. The molecule has 3 atom stereocenters. The van der Waals surface area contributed by atoms with Crippen LogP contribution in [0.1, 0.15) is 0 Å². The van der Waals surface area contributed by atoms with Crippen molar-refractivity contribution in [2.45, 2.75) is 18.2 Å².